The van der Waals surface area contributed by atoms with Gasteiger partial charge in [0.1, 0.15) is 12.7 Å². The zero-order chi connectivity index (χ0) is 31.7. The molecule has 0 saturated carbocycles. The number of rotatable bonds is 6. The van der Waals surface area contributed by atoms with Crippen LogP contribution in [0.5, 0.6) is 0 Å². The number of nitrogens with zero attached hydrogens (tertiary/aromatic N) is 6. The molecule has 4 aromatic heterocycles. The second-order valence-electron chi connectivity index (χ2n) is 11.1. The summed E-state index contributed by atoms with van der Waals surface area (Å²) in [4.78, 5) is 24.3. The fourth-order valence-corrected chi connectivity index (χ4v) is 3.38. The Kier molecular flexibility index (Phi) is 16.8. The number of alkyl halides is 2. The molecule has 0 amide bonds. The predicted molar refractivity (Wildman–Crippen MR) is 168 cm³/mol. The second-order valence-corrected chi connectivity index (χ2v) is 11.1. The molecule has 0 bridgehead atoms. The van der Waals surface area contributed by atoms with Crippen molar-refractivity contribution in [1.82, 2.24) is 29.9 Å². The van der Waals surface area contributed by atoms with E-state index in [2.05, 4.69) is 90.5 Å². The van der Waals surface area contributed by atoms with E-state index in [0.29, 0.717) is 23.4 Å². The topological polar surface area (TPSA) is 77.3 Å². The Bertz CT molecular complexity index is 1250. The minimum absolute atomic E-state index is 0.0497. The van der Waals surface area contributed by atoms with Gasteiger partial charge in [0.15, 0.2) is 0 Å². The van der Waals surface area contributed by atoms with Crippen LogP contribution in [-0.2, 0) is 6.42 Å². The van der Waals surface area contributed by atoms with E-state index in [9.17, 15) is 8.78 Å². The summed E-state index contributed by atoms with van der Waals surface area (Å²) in [5, 5.41) is 0. The second kappa shape index (κ2) is 19.4. The molecule has 0 radical (unpaired) electrons. The van der Waals surface area contributed by atoms with Crippen LogP contribution in [0.4, 0.5) is 8.78 Å². The van der Waals surface area contributed by atoms with Crippen LogP contribution in [0.3, 0.4) is 0 Å². The zero-order valence-electron chi connectivity index (χ0n) is 26.9. The van der Waals surface area contributed by atoms with E-state index in [0.717, 1.165) is 23.5 Å². The molecule has 4 heterocycles. The van der Waals surface area contributed by atoms with Gasteiger partial charge in [-0.1, -0.05) is 62.3 Å². The van der Waals surface area contributed by atoms with Gasteiger partial charge in [-0.2, -0.15) is 0 Å². The summed E-state index contributed by atoms with van der Waals surface area (Å²) in [6, 6.07) is 11.0. The van der Waals surface area contributed by atoms with Crippen molar-refractivity contribution < 1.29 is 8.78 Å². The van der Waals surface area contributed by atoms with Gasteiger partial charge in [-0.05, 0) is 79.0 Å². The van der Waals surface area contributed by atoms with Crippen LogP contribution in [0.1, 0.15) is 132 Å². The van der Waals surface area contributed by atoms with Crippen molar-refractivity contribution in [3.63, 3.8) is 0 Å². The summed E-state index contributed by atoms with van der Waals surface area (Å²) in [7, 11) is 0. The third-order valence-corrected chi connectivity index (χ3v) is 6.11. The lowest BCUT2D eigenvalue weighted by atomic mass is 10.1. The van der Waals surface area contributed by atoms with Gasteiger partial charge in [-0.3, -0.25) is 9.97 Å². The van der Waals surface area contributed by atoms with Crippen molar-refractivity contribution in [3.05, 3.63) is 107 Å². The lowest BCUT2D eigenvalue weighted by Crippen LogP contribution is -1.94. The summed E-state index contributed by atoms with van der Waals surface area (Å²) in [6.07, 6.45) is 6.99. The Morgan fingerprint density at radius 2 is 1.10 bits per heavy atom. The lowest BCUT2D eigenvalue weighted by Gasteiger charge is -2.05. The maximum atomic E-state index is 12.2. The van der Waals surface area contributed by atoms with E-state index >= 15 is 0 Å². The van der Waals surface area contributed by atoms with Gasteiger partial charge in [0.2, 0.25) is 0 Å². The predicted octanol–water partition coefficient (Wildman–Crippen LogP) is 9.42. The van der Waals surface area contributed by atoms with Crippen molar-refractivity contribution in [2.45, 2.75) is 106 Å². The van der Waals surface area contributed by atoms with Crippen LogP contribution in [0.15, 0.2) is 67.6 Å². The van der Waals surface area contributed by atoms with Crippen molar-refractivity contribution in [2.75, 3.05) is 0 Å². The highest BCUT2D eigenvalue weighted by atomic mass is 19.3. The van der Waals surface area contributed by atoms with Crippen LogP contribution in [0.2, 0.25) is 0 Å². The normalized spacial score (nSPS) is 10.6. The standard InChI is InChI=1S/C10H15N.C9H11F2N.C8H12N2.C7H10N2/c1-4-9-5-6-11-10(7-9)8(2)3;1-6(2)8-5-7(9(10)11)3-4-12-8;1-6(2)8-4-7(3)9-5-10-8;1-6(2)7-3-4-8-5-9-7/h5-8H,4H2,1-3H3;3-6,9H,1-2H3;4-6H,1-3H3;3-6H,1-2H3. The molecule has 6 nitrogen and oxygen atoms in total. The molecule has 0 aliphatic rings. The SMILES string of the molecule is CC(C)c1cc(C(F)F)ccn1.CC(C)c1ccncn1.CCc1ccnc(C(C)C)c1.Cc1cc(C(C)C)ncn1. The number of hydrogen-bond acceptors (Lipinski definition) is 6. The van der Waals surface area contributed by atoms with Gasteiger partial charge < -0.3 is 0 Å². The van der Waals surface area contributed by atoms with Crippen LogP contribution in [0.25, 0.3) is 0 Å². The molecule has 0 aliphatic carbocycles. The molecule has 0 spiro atoms. The summed E-state index contributed by atoms with van der Waals surface area (Å²) >= 11 is 0. The number of pyridine rings is 2. The fraction of sp³-hybridized carbons (Fsp3) is 0.471. The molecule has 0 fully saturated rings. The van der Waals surface area contributed by atoms with Gasteiger partial charge in [-0.15, -0.1) is 0 Å². The summed E-state index contributed by atoms with van der Waals surface area (Å²) in [5.74, 6) is 1.75. The highest BCUT2D eigenvalue weighted by molar-refractivity contribution is 5.19. The first-order chi connectivity index (χ1) is 19.8. The molecular weight excluding hydrogens is 530 g/mol. The molecule has 0 unspecified atom stereocenters. The summed E-state index contributed by atoms with van der Waals surface area (Å²) in [6.45, 7) is 20.8. The van der Waals surface area contributed by atoms with Crippen LogP contribution in [-0.4, -0.2) is 29.9 Å². The van der Waals surface area contributed by atoms with Crippen molar-refractivity contribution >= 4 is 0 Å². The molecular formula is C34H48F2N6. The lowest BCUT2D eigenvalue weighted by molar-refractivity contribution is 0.151. The molecule has 4 aromatic rings. The molecule has 42 heavy (non-hydrogen) atoms. The van der Waals surface area contributed by atoms with Crippen molar-refractivity contribution in [1.29, 1.82) is 0 Å². The third kappa shape index (κ3) is 14.3. The van der Waals surface area contributed by atoms with E-state index in [1.165, 1.54) is 29.6 Å². The van der Waals surface area contributed by atoms with Gasteiger partial charge in [-0.25, -0.2) is 28.7 Å². The largest absolute Gasteiger partial charge is 0.263 e. The van der Waals surface area contributed by atoms with E-state index in [-0.39, 0.29) is 11.5 Å². The quantitative estimate of drug-likeness (QED) is 0.227. The molecule has 4 rings (SSSR count). The first kappa shape index (κ1) is 36.3. The van der Waals surface area contributed by atoms with E-state index in [4.69, 9.17) is 0 Å². The van der Waals surface area contributed by atoms with Crippen molar-refractivity contribution in [3.8, 4) is 0 Å². The molecule has 0 saturated heterocycles. The van der Waals surface area contributed by atoms with Gasteiger partial charge in [0.05, 0.1) is 0 Å². The maximum Gasteiger partial charge on any atom is 0.263 e. The number of aromatic nitrogens is 6. The first-order valence-electron chi connectivity index (χ1n) is 14.6. The van der Waals surface area contributed by atoms with Crippen LogP contribution < -0.4 is 0 Å². The Morgan fingerprint density at radius 1 is 0.571 bits per heavy atom. The van der Waals surface area contributed by atoms with E-state index in [1.807, 2.05) is 39.1 Å². The Labute approximate surface area is 251 Å². The first-order valence-corrected chi connectivity index (χ1v) is 14.6. The molecule has 8 heteroatoms. The van der Waals surface area contributed by atoms with E-state index in [1.54, 1.807) is 18.9 Å². The number of hydrogen-bond donors (Lipinski definition) is 0. The average molecular weight is 579 g/mol. The summed E-state index contributed by atoms with van der Waals surface area (Å²) < 4.78 is 24.4. The van der Waals surface area contributed by atoms with Crippen LogP contribution >= 0.6 is 0 Å². The Morgan fingerprint density at radius 3 is 1.52 bits per heavy atom. The highest BCUT2D eigenvalue weighted by Crippen LogP contribution is 2.21. The average Bonchev–Trinajstić information content (AvgIpc) is 2.98. The van der Waals surface area contributed by atoms with Crippen LogP contribution in [0, 0.1) is 6.92 Å². The van der Waals surface area contributed by atoms with E-state index < -0.39 is 6.43 Å². The smallest absolute Gasteiger partial charge is 0.261 e. The zero-order valence-corrected chi connectivity index (χ0v) is 26.9. The van der Waals surface area contributed by atoms with Gasteiger partial charge in [0.25, 0.3) is 6.43 Å². The Balaban J connectivity index is 0.000000281. The fourth-order valence-electron chi connectivity index (χ4n) is 3.38. The number of aryl methyl sites for hydroxylation is 2. The van der Waals surface area contributed by atoms with Gasteiger partial charge in [0, 0.05) is 52.6 Å². The number of halogens is 2. The third-order valence-electron chi connectivity index (χ3n) is 6.11. The molecule has 228 valence electrons. The monoisotopic (exact) mass is 578 g/mol. The summed E-state index contributed by atoms with van der Waals surface area (Å²) in [5.41, 5.74) is 6.60. The van der Waals surface area contributed by atoms with Gasteiger partial charge >= 0.3 is 0 Å². The molecule has 0 N–H and O–H groups in total. The molecule has 0 atom stereocenters. The van der Waals surface area contributed by atoms with Crippen molar-refractivity contribution in [2.24, 2.45) is 0 Å². The molecule has 0 aliphatic heterocycles. The maximum absolute atomic E-state index is 12.2. The minimum atomic E-state index is -2.40. The Hall–Kier alpha value is -3.68. The molecule has 0 aromatic carbocycles. The highest BCUT2D eigenvalue weighted by Gasteiger charge is 2.09. The minimum Gasteiger partial charge on any atom is -0.261 e.